The van der Waals surface area contributed by atoms with E-state index in [9.17, 15) is 81.5 Å². The summed E-state index contributed by atoms with van der Waals surface area (Å²) in [6.45, 7) is 10.2. The largest absolute Gasteiger partial charge is 0.488 e. The molecule has 0 aliphatic carbocycles. The molecule has 0 unspecified atom stereocenters. The second-order valence-corrected chi connectivity index (χ2v) is 26.4. The highest BCUT2D eigenvalue weighted by molar-refractivity contribution is 7.10. The topological polar surface area (TPSA) is 203 Å². The summed E-state index contributed by atoms with van der Waals surface area (Å²) in [5.74, 6) is -3.56. The monoisotopic (exact) mass is 1510 g/mol. The zero-order chi connectivity index (χ0) is 75.4. The van der Waals surface area contributed by atoms with Gasteiger partial charge < -0.3 is 57.8 Å². The highest BCUT2D eigenvalue weighted by Gasteiger charge is 2.58. The normalized spacial score (nSPS) is 19.6. The highest BCUT2D eigenvalue weighted by Crippen LogP contribution is 2.46. The first-order valence-corrected chi connectivity index (χ1v) is 34.8. The van der Waals surface area contributed by atoms with Crippen molar-refractivity contribution in [1.82, 2.24) is 29.6 Å². The number of anilines is 2. The first-order chi connectivity index (χ1) is 49.3. The van der Waals surface area contributed by atoms with E-state index in [1.807, 2.05) is 34.1 Å². The second-order valence-electron chi connectivity index (χ2n) is 24.5. The van der Waals surface area contributed by atoms with E-state index in [0.29, 0.717) is 78.9 Å². The molecule has 6 aromatic rings. The van der Waals surface area contributed by atoms with Crippen LogP contribution in [-0.4, -0.2) is 180 Å². The van der Waals surface area contributed by atoms with Crippen LogP contribution in [0, 0.1) is 0 Å². The van der Waals surface area contributed by atoms with Crippen molar-refractivity contribution in [2.75, 3.05) is 102 Å². The number of carbonyl (C=O) groups excluding carboxylic acids is 6. The van der Waals surface area contributed by atoms with E-state index in [-0.39, 0.29) is 116 Å². The van der Waals surface area contributed by atoms with Crippen molar-refractivity contribution in [2.24, 2.45) is 0 Å². The number of para-hydroxylation sites is 4. The van der Waals surface area contributed by atoms with Gasteiger partial charge in [0.15, 0.2) is 0 Å². The molecule has 20 nitrogen and oxygen atoms in total. The number of esters is 2. The Morgan fingerprint density at radius 3 is 1.30 bits per heavy atom. The lowest BCUT2D eigenvalue weighted by Gasteiger charge is -2.50. The fourth-order valence-corrected chi connectivity index (χ4v) is 14.6. The fraction of sp³-hybridized carbons (Fsp3) is 0.457. The third-order valence-electron chi connectivity index (χ3n) is 17.8. The minimum absolute atomic E-state index is 0.00641. The Morgan fingerprint density at radius 2 is 0.933 bits per heavy atom. The number of alkyl halides is 12. The van der Waals surface area contributed by atoms with Crippen LogP contribution in [0.1, 0.15) is 107 Å². The number of carbonyl (C=O) groups is 6. The Kier molecular flexibility index (Phi) is 25.5. The lowest BCUT2D eigenvalue weighted by Crippen LogP contribution is -2.69. The summed E-state index contributed by atoms with van der Waals surface area (Å²) < 4.78 is 200. The van der Waals surface area contributed by atoms with Gasteiger partial charge in [0.25, 0.3) is 23.6 Å². The van der Waals surface area contributed by atoms with Crippen molar-refractivity contribution < 1.29 is 110 Å². The summed E-state index contributed by atoms with van der Waals surface area (Å²) in [6.07, 6.45) is -13.7. The third-order valence-corrected chi connectivity index (χ3v) is 19.7. The third kappa shape index (κ3) is 18.6. The number of likely N-dealkylation sites (tertiary alicyclic amines) is 2. The quantitative estimate of drug-likeness (QED) is 0.0268. The maximum atomic E-state index is 14.8. The van der Waals surface area contributed by atoms with Gasteiger partial charge in [0.1, 0.15) is 59.2 Å². The van der Waals surface area contributed by atoms with E-state index >= 15 is 0 Å². The molecule has 8 heterocycles. The van der Waals surface area contributed by atoms with Gasteiger partial charge in [-0.05, 0) is 62.1 Å². The number of benzene rings is 2. The van der Waals surface area contributed by atoms with E-state index in [1.54, 1.807) is 31.2 Å². The molecular weight excluding hydrogens is 1440 g/mol. The SMILES string of the molecule is C=CC[C@H]1N(C(=O)c2cnccc2C(F)(F)F)CCC[C@@]1(Oc1csc(C(F)(F)F)c1)C(=O)N1CCN(c2ccccc2OCCOC(C)=O)CC1.CCC[C@H]1N(C(=O)c2cnccc2C(F)(F)F)CCC[C@@]1(Oc1csc(C(F)(F)F)c1)C(=O)N1CCN(c2ccccc2OCCOC(C)=O)CC1. The molecule has 0 spiro atoms. The molecule has 4 atom stereocenters. The maximum Gasteiger partial charge on any atom is 0.425 e. The van der Waals surface area contributed by atoms with Gasteiger partial charge in [-0.3, -0.25) is 38.7 Å². The highest BCUT2D eigenvalue weighted by atomic mass is 32.1. The molecule has 562 valence electrons. The van der Waals surface area contributed by atoms with Crippen LogP contribution in [0.3, 0.4) is 0 Å². The molecule has 0 bridgehead atoms. The lowest BCUT2D eigenvalue weighted by molar-refractivity contribution is -0.160. The molecule has 4 aliphatic heterocycles. The number of hydrogen-bond donors (Lipinski definition) is 0. The minimum atomic E-state index is -4.89. The summed E-state index contributed by atoms with van der Waals surface area (Å²) >= 11 is 0.760. The number of thiophene rings is 2. The predicted molar refractivity (Wildman–Crippen MR) is 356 cm³/mol. The molecule has 0 N–H and O–H groups in total. The molecule has 0 radical (unpaired) electrons. The molecule has 10 rings (SSSR count). The average Bonchev–Trinajstić information content (AvgIpc) is 0.975. The van der Waals surface area contributed by atoms with E-state index in [4.69, 9.17) is 28.4 Å². The average molecular weight is 1510 g/mol. The fourth-order valence-electron chi connectivity index (χ4n) is 13.2. The zero-order valence-corrected chi connectivity index (χ0v) is 58.1. The number of piperidine rings is 2. The van der Waals surface area contributed by atoms with Crippen LogP contribution in [0.2, 0.25) is 0 Å². The molecule has 4 aromatic heterocycles. The Hall–Kier alpha value is -9.34. The molecule has 4 aliphatic rings. The summed E-state index contributed by atoms with van der Waals surface area (Å²) in [7, 11) is 0. The van der Waals surface area contributed by atoms with Crippen LogP contribution < -0.4 is 28.7 Å². The Balaban J connectivity index is 0.000000241. The van der Waals surface area contributed by atoms with Gasteiger partial charge >= 0.3 is 36.6 Å². The summed E-state index contributed by atoms with van der Waals surface area (Å²) in [6, 6.07) is 15.0. The smallest absolute Gasteiger partial charge is 0.425 e. The Labute approximate surface area is 598 Å². The van der Waals surface area contributed by atoms with Gasteiger partial charge in [0.05, 0.1) is 45.7 Å². The van der Waals surface area contributed by atoms with Crippen LogP contribution in [0.5, 0.6) is 23.0 Å². The van der Waals surface area contributed by atoms with Crippen molar-refractivity contribution in [3.63, 3.8) is 0 Å². The number of nitrogens with zero attached hydrogens (tertiary/aromatic N) is 8. The number of hydrogen-bond acceptors (Lipinski definition) is 18. The van der Waals surface area contributed by atoms with Crippen LogP contribution >= 0.6 is 22.7 Å². The molecular formula is C70H74F12N8O12S2. The second kappa shape index (κ2) is 33.6. The summed E-state index contributed by atoms with van der Waals surface area (Å²) in [5, 5.41) is 2.25. The number of piperazine rings is 2. The van der Waals surface area contributed by atoms with Crippen LogP contribution in [0.4, 0.5) is 64.1 Å². The van der Waals surface area contributed by atoms with Gasteiger partial charge in [0.2, 0.25) is 11.2 Å². The van der Waals surface area contributed by atoms with Gasteiger partial charge in [-0.25, -0.2) is 0 Å². The minimum Gasteiger partial charge on any atom is -0.488 e. The van der Waals surface area contributed by atoms with E-state index < -0.39 is 116 Å². The van der Waals surface area contributed by atoms with Crippen molar-refractivity contribution in [1.29, 1.82) is 0 Å². The molecule has 104 heavy (non-hydrogen) atoms. The number of rotatable bonds is 22. The molecule has 0 saturated carbocycles. The van der Waals surface area contributed by atoms with Crippen molar-refractivity contribution in [3.05, 3.63) is 153 Å². The number of amides is 4. The number of ether oxygens (including phenoxy) is 6. The maximum absolute atomic E-state index is 14.8. The molecule has 4 amide bonds. The lowest BCUT2D eigenvalue weighted by atomic mass is 9.79. The van der Waals surface area contributed by atoms with E-state index in [0.717, 1.165) is 64.0 Å². The van der Waals surface area contributed by atoms with Crippen molar-refractivity contribution in [3.8, 4) is 23.0 Å². The van der Waals surface area contributed by atoms with Crippen LogP contribution in [-0.2, 0) is 53.4 Å². The Morgan fingerprint density at radius 1 is 0.538 bits per heavy atom. The first-order valence-electron chi connectivity index (χ1n) is 33.0. The van der Waals surface area contributed by atoms with Gasteiger partial charge in [-0.2, -0.15) is 52.7 Å². The molecule has 34 heteroatoms. The van der Waals surface area contributed by atoms with Gasteiger partial charge in [0, 0.05) is 140 Å². The summed E-state index contributed by atoms with van der Waals surface area (Å²) in [4.78, 5) is 94.7. The van der Waals surface area contributed by atoms with Crippen molar-refractivity contribution >= 4 is 69.6 Å². The van der Waals surface area contributed by atoms with Crippen molar-refractivity contribution in [2.45, 2.75) is 114 Å². The zero-order valence-electron chi connectivity index (χ0n) is 56.5. The first kappa shape index (κ1) is 78.8. The number of pyridine rings is 2. The van der Waals surface area contributed by atoms with Gasteiger partial charge in [-0.15, -0.1) is 29.3 Å². The number of halogens is 12. The molecule has 2 aromatic carbocycles. The predicted octanol–water partition coefficient (Wildman–Crippen LogP) is 13.2. The number of aromatic nitrogens is 2. The summed E-state index contributed by atoms with van der Waals surface area (Å²) in [5.41, 5.74) is -6.27. The van der Waals surface area contributed by atoms with E-state index in [2.05, 4.69) is 16.5 Å². The van der Waals surface area contributed by atoms with Crippen LogP contribution in [0.15, 0.2) is 121 Å². The molecule has 4 saturated heterocycles. The van der Waals surface area contributed by atoms with Gasteiger partial charge in [-0.1, -0.05) is 43.7 Å². The van der Waals surface area contributed by atoms with E-state index in [1.165, 1.54) is 34.6 Å². The standard InChI is InChI=1S/C35H38F6N4O6S.C35H36F6N4O6S/c2*1-3-7-29-33(51-24-20-30(52-22-24)35(39,40)41,11-6-13-45(29)31(47)25-21-42-12-10-26(25)34(36,37)38)32(48)44-16-14-43(15-17-44)27-8-4-5-9-28(27)50-19-18-49-23(2)46/h4-5,8-10,12,20-22,29H,3,6-7,11,13-19H2,1-2H3;3-5,8-10,12,20-22,29H,1,6-7,11,13-19H2,2H3/t2*29-,33+/m11/s1. The Bertz CT molecular complexity index is 3990. The molecule has 4 fully saturated rings. The van der Waals surface area contributed by atoms with Crippen LogP contribution in [0.25, 0.3) is 0 Å².